The third-order valence-electron chi connectivity index (χ3n) is 8.21. The van der Waals surface area contributed by atoms with Crippen LogP contribution in [0, 0.1) is 17.5 Å². The lowest BCUT2D eigenvalue weighted by Crippen LogP contribution is -2.32. The van der Waals surface area contributed by atoms with Gasteiger partial charge in [0.05, 0.1) is 24.3 Å². The summed E-state index contributed by atoms with van der Waals surface area (Å²) in [6.45, 7) is 4.46. The Labute approximate surface area is 262 Å². The third-order valence-corrected chi connectivity index (χ3v) is 9.35. The Bertz CT molecular complexity index is 2090. The predicted molar refractivity (Wildman–Crippen MR) is 163 cm³/mol. The second-order valence-electron chi connectivity index (χ2n) is 11.2. The number of aryl methyl sites for hydroxylation is 1. The van der Waals surface area contributed by atoms with E-state index < -0.39 is 43.3 Å². The van der Waals surface area contributed by atoms with Crippen molar-refractivity contribution >= 4 is 26.7 Å². The van der Waals surface area contributed by atoms with E-state index >= 15 is 8.78 Å². The predicted octanol–water partition coefficient (Wildman–Crippen LogP) is 6.76. The van der Waals surface area contributed by atoms with Crippen LogP contribution in [-0.2, 0) is 31.2 Å². The number of benzene rings is 3. The van der Waals surface area contributed by atoms with E-state index in [-0.39, 0.29) is 40.4 Å². The first-order chi connectivity index (χ1) is 21.9. The van der Waals surface area contributed by atoms with Crippen molar-refractivity contribution in [2.24, 2.45) is 0 Å². The molecule has 2 aromatic heterocycles. The van der Waals surface area contributed by atoms with Gasteiger partial charge in [0.15, 0.2) is 21.4 Å². The highest BCUT2D eigenvalue weighted by Crippen LogP contribution is 2.45. The van der Waals surface area contributed by atoms with Gasteiger partial charge in [-0.05, 0) is 56.5 Å². The number of halogens is 3. The van der Waals surface area contributed by atoms with Gasteiger partial charge in [-0.25, -0.2) is 22.2 Å². The minimum Gasteiger partial charge on any atom is -0.493 e. The Morgan fingerprint density at radius 2 is 1.93 bits per heavy atom. The van der Waals surface area contributed by atoms with Crippen LogP contribution < -0.4 is 9.47 Å². The van der Waals surface area contributed by atoms with E-state index in [1.54, 1.807) is 13.1 Å². The number of carbonyl (C=O) groups excluding carboxylic acids is 1. The Kier molecular flexibility index (Phi) is 8.05. The van der Waals surface area contributed by atoms with Crippen molar-refractivity contribution in [3.8, 4) is 28.6 Å². The number of sulfone groups is 1. The molecule has 0 aliphatic carbocycles. The number of H-pyrrole nitrogens is 2. The minimum absolute atomic E-state index is 0.0349. The fourth-order valence-corrected chi connectivity index (χ4v) is 6.90. The molecule has 1 unspecified atom stereocenters. The molecule has 46 heavy (non-hydrogen) atoms. The summed E-state index contributed by atoms with van der Waals surface area (Å²) in [5.41, 5.74) is 1.45. The number of rotatable bonds is 9. The largest absolute Gasteiger partial charge is 0.493 e. The highest BCUT2D eigenvalue weighted by Gasteiger charge is 2.38. The van der Waals surface area contributed by atoms with Gasteiger partial charge in [-0.1, -0.05) is 18.2 Å². The first-order valence-corrected chi connectivity index (χ1v) is 16.4. The van der Waals surface area contributed by atoms with Crippen molar-refractivity contribution in [1.82, 2.24) is 15.0 Å². The zero-order valence-electron chi connectivity index (χ0n) is 25.2. The molecule has 13 heteroatoms. The van der Waals surface area contributed by atoms with Gasteiger partial charge >= 0.3 is 5.97 Å². The summed E-state index contributed by atoms with van der Waals surface area (Å²) < 4.78 is 87.3. The number of nitrogens with zero attached hydrogens (tertiary/aromatic N) is 1. The van der Waals surface area contributed by atoms with Crippen LogP contribution in [0.25, 0.3) is 22.3 Å². The molecular weight excluding hydrogens is 623 g/mol. The lowest BCUT2D eigenvalue weighted by Gasteiger charge is -2.36. The van der Waals surface area contributed by atoms with Gasteiger partial charge in [0.1, 0.15) is 28.0 Å². The lowest BCUT2D eigenvalue weighted by atomic mass is 9.74. The first-order valence-electron chi connectivity index (χ1n) is 14.5. The summed E-state index contributed by atoms with van der Waals surface area (Å²) in [7, 11) is -4.09. The van der Waals surface area contributed by atoms with Crippen molar-refractivity contribution in [2.75, 3.05) is 19.5 Å². The van der Waals surface area contributed by atoms with Gasteiger partial charge in [0.25, 0.3) is 0 Å². The quantitative estimate of drug-likeness (QED) is 0.133. The average molecular weight is 654 g/mol. The summed E-state index contributed by atoms with van der Waals surface area (Å²) in [6.07, 6.45) is 4.97. The Hall–Kier alpha value is -4.78. The SMILES string of the molecule is CCOC(=O)CCc1cccc2c1OCCC2(C)c1cnc(-c2cc(Oc3c(F)c(F)c4[nH]ccc4c3S(C)(=O)=O)ccc2F)[nH]1. The van der Waals surface area contributed by atoms with E-state index in [1.807, 2.05) is 25.1 Å². The number of esters is 1. The van der Waals surface area contributed by atoms with Gasteiger partial charge in [0.2, 0.25) is 5.82 Å². The van der Waals surface area contributed by atoms with Gasteiger partial charge in [-0.2, -0.15) is 4.39 Å². The highest BCUT2D eigenvalue weighted by atomic mass is 32.2. The van der Waals surface area contributed by atoms with Crippen molar-refractivity contribution in [3.63, 3.8) is 0 Å². The topological polar surface area (TPSA) is 123 Å². The number of nitrogens with one attached hydrogen (secondary N) is 2. The molecule has 0 saturated carbocycles. The van der Waals surface area contributed by atoms with Crippen LogP contribution in [-0.4, -0.2) is 48.8 Å². The molecule has 0 amide bonds. The second-order valence-corrected chi connectivity index (χ2v) is 13.2. The monoisotopic (exact) mass is 653 g/mol. The molecule has 1 aliphatic rings. The standard InChI is InChI=1S/C33H30F3N3O6S/c1-4-43-25(40)11-8-18-6-5-7-22-29(18)44-15-13-33(22,2)24-17-38-32(39-24)21-16-19(9-10-23(21)34)45-30-27(36)26(35)28-20(12-14-37-28)31(30)46(3,41)42/h5-7,9-10,12,14,16-17,37H,4,8,11,13,15H2,1-3H3,(H,38,39). The van der Waals surface area contributed by atoms with Crippen LogP contribution in [0.5, 0.6) is 17.2 Å². The highest BCUT2D eigenvalue weighted by molar-refractivity contribution is 7.91. The minimum atomic E-state index is -4.09. The van der Waals surface area contributed by atoms with E-state index in [0.29, 0.717) is 37.5 Å². The number of aromatic nitrogens is 3. The molecule has 3 aromatic carbocycles. The zero-order chi connectivity index (χ0) is 32.8. The van der Waals surface area contributed by atoms with Crippen LogP contribution in [0.3, 0.4) is 0 Å². The van der Waals surface area contributed by atoms with Crippen LogP contribution in [0.1, 0.15) is 43.5 Å². The smallest absolute Gasteiger partial charge is 0.306 e. The van der Waals surface area contributed by atoms with E-state index in [4.69, 9.17) is 14.2 Å². The molecule has 0 radical (unpaired) electrons. The molecule has 0 saturated heterocycles. The molecular formula is C33H30F3N3O6S. The molecule has 3 heterocycles. The van der Waals surface area contributed by atoms with E-state index in [9.17, 15) is 17.6 Å². The van der Waals surface area contributed by atoms with Crippen molar-refractivity contribution in [2.45, 2.75) is 43.4 Å². The summed E-state index contributed by atoms with van der Waals surface area (Å²) in [5.74, 6) is -3.95. The number of para-hydroxylation sites is 1. The molecule has 0 fully saturated rings. The molecule has 0 spiro atoms. The number of fused-ring (bicyclic) bond motifs is 2. The molecule has 9 nitrogen and oxygen atoms in total. The number of aromatic amines is 2. The number of imidazole rings is 1. The van der Waals surface area contributed by atoms with Crippen LogP contribution in [0.15, 0.2) is 59.8 Å². The normalized spacial score (nSPS) is 16.2. The van der Waals surface area contributed by atoms with Gasteiger partial charge in [-0.3, -0.25) is 4.79 Å². The number of carbonyl (C=O) groups is 1. The lowest BCUT2D eigenvalue weighted by molar-refractivity contribution is -0.143. The number of ether oxygens (including phenoxy) is 3. The Balaban J connectivity index is 1.35. The molecule has 2 N–H and O–H groups in total. The summed E-state index contributed by atoms with van der Waals surface area (Å²) in [4.78, 5) is 21.6. The maximum atomic E-state index is 15.2. The fourth-order valence-electron chi connectivity index (χ4n) is 5.86. The van der Waals surface area contributed by atoms with Gasteiger partial charge in [0, 0.05) is 47.1 Å². The van der Waals surface area contributed by atoms with Gasteiger partial charge in [-0.15, -0.1) is 0 Å². The van der Waals surface area contributed by atoms with E-state index in [0.717, 1.165) is 23.4 Å². The zero-order valence-corrected chi connectivity index (χ0v) is 26.0. The summed E-state index contributed by atoms with van der Waals surface area (Å²) >= 11 is 0. The van der Waals surface area contributed by atoms with Crippen LogP contribution in [0.4, 0.5) is 13.2 Å². The van der Waals surface area contributed by atoms with E-state index in [2.05, 4.69) is 15.0 Å². The Morgan fingerprint density at radius 1 is 1.13 bits per heavy atom. The molecule has 0 bridgehead atoms. The maximum Gasteiger partial charge on any atom is 0.306 e. The molecule has 1 atom stereocenters. The fraction of sp³-hybridized carbons (Fsp3) is 0.273. The molecule has 6 rings (SSSR count). The molecule has 1 aliphatic heterocycles. The summed E-state index contributed by atoms with van der Waals surface area (Å²) in [5, 5.41) is -0.0801. The number of hydrogen-bond acceptors (Lipinski definition) is 7. The summed E-state index contributed by atoms with van der Waals surface area (Å²) in [6, 6.07) is 10.5. The van der Waals surface area contributed by atoms with Crippen LogP contribution in [0.2, 0.25) is 0 Å². The second kappa shape index (κ2) is 11.9. The molecule has 240 valence electrons. The van der Waals surface area contributed by atoms with Crippen molar-refractivity contribution in [1.29, 1.82) is 0 Å². The van der Waals surface area contributed by atoms with Crippen LogP contribution >= 0.6 is 0 Å². The Morgan fingerprint density at radius 3 is 2.70 bits per heavy atom. The molecule has 5 aromatic rings. The van der Waals surface area contributed by atoms with Gasteiger partial charge < -0.3 is 24.2 Å². The number of hydrogen-bond donors (Lipinski definition) is 2. The van der Waals surface area contributed by atoms with E-state index in [1.165, 1.54) is 24.4 Å². The third kappa shape index (κ3) is 5.48. The van der Waals surface area contributed by atoms with Crippen molar-refractivity contribution < 1.29 is 40.6 Å². The first kappa shape index (κ1) is 31.2. The maximum absolute atomic E-state index is 15.2. The average Bonchev–Trinajstić information content (AvgIpc) is 3.71. The van der Waals surface area contributed by atoms with Crippen molar-refractivity contribution in [3.05, 3.63) is 89.1 Å².